The number of aromatic nitrogens is 2. The summed E-state index contributed by atoms with van der Waals surface area (Å²) in [5.41, 5.74) is 11.9. The molecule has 3 nitrogen and oxygen atoms in total. The van der Waals surface area contributed by atoms with Crippen LogP contribution in [-0.2, 0) is 0 Å². The van der Waals surface area contributed by atoms with Crippen molar-refractivity contribution in [3.63, 3.8) is 0 Å². The highest BCUT2D eigenvalue weighted by atomic mass is 15.0. The fourth-order valence-electron chi connectivity index (χ4n) is 5.96. The van der Waals surface area contributed by atoms with Gasteiger partial charge in [-0.05, 0) is 87.5 Å². The number of hydrogen-bond acceptors (Lipinski definition) is 2. The summed E-state index contributed by atoms with van der Waals surface area (Å²) < 4.78 is 2.17. The highest BCUT2D eigenvalue weighted by Gasteiger charge is 2.17. The monoisotopic (exact) mass is 565 g/mol. The number of fused-ring (bicyclic) bond motifs is 2. The Morgan fingerprint density at radius 1 is 0.682 bits per heavy atom. The summed E-state index contributed by atoms with van der Waals surface area (Å²) in [6, 6.07) is 47.2. The maximum Gasteiger partial charge on any atom is 0.137 e. The van der Waals surface area contributed by atoms with Gasteiger partial charge in [-0.15, -0.1) is 0 Å². The van der Waals surface area contributed by atoms with Crippen LogP contribution in [0.4, 0.5) is 0 Å². The van der Waals surface area contributed by atoms with Crippen molar-refractivity contribution in [1.82, 2.24) is 9.38 Å². The van der Waals surface area contributed by atoms with E-state index in [1.165, 1.54) is 16.3 Å². The predicted octanol–water partition coefficient (Wildman–Crippen LogP) is 10.8. The van der Waals surface area contributed by atoms with Gasteiger partial charge >= 0.3 is 0 Å². The molecule has 0 amide bonds. The molecular weight excluding hydrogens is 534 g/mol. The van der Waals surface area contributed by atoms with Crippen LogP contribution in [0.25, 0.3) is 66.8 Å². The lowest BCUT2D eigenvalue weighted by molar-refractivity contribution is 1.19. The maximum atomic E-state index is 5.11. The van der Waals surface area contributed by atoms with E-state index in [-0.39, 0.29) is 0 Å². The largest absolute Gasteiger partial charge is 0.299 e. The van der Waals surface area contributed by atoms with E-state index in [4.69, 9.17) is 4.98 Å². The summed E-state index contributed by atoms with van der Waals surface area (Å²) in [5.74, 6) is 0. The lowest BCUT2D eigenvalue weighted by Crippen LogP contribution is -1.92. The summed E-state index contributed by atoms with van der Waals surface area (Å²) >= 11 is 0. The molecule has 0 aliphatic rings. The Morgan fingerprint density at radius 2 is 1.39 bits per heavy atom. The van der Waals surface area contributed by atoms with Crippen LogP contribution in [0.15, 0.2) is 164 Å². The van der Waals surface area contributed by atoms with Gasteiger partial charge in [-0.25, -0.2) is 4.98 Å². The molecule has 2 heterocycles. The fraction of sp³-hybridized carbons (Fsp3) is 0.0244. The number of pyridine rings is 1. The average molecular weight is 566 g/mol. The molecule has 0 spiro atoms. The van der Waals surface area contributed by atoms with E-state index in [2.05, 4.69) is 150 Å². The minimum atomic E-state index is 0.922. The Hall–Kier alpha value is -5.80. The Bertz CT molecular complexity index is 2190. The highest BCUT2D eigenvalue weighted by molar-refractivity contribution is 6.11. The molecule has 0 aliphatic carbocycles. The van der Waals surface area contributed by atoms with Gasteiger partial charge in [0.1, 0.15) is 5.65 Å². The summed E-state index contributed by atoms with van der Waals surface area (Å²) in [6.45, 7) is 5.82. The zero-order valence-electron chi connectivity index (χ0n) is 24.6. The van der Waals surface area contributed by atoms with E-state index in [1.807, 2.05) is 25.3 Å². The molecule has 5 aromatic carbocycles. The second kappa shape index (κ2) is 11.8. The molecule has 0 saturated heterocycles. The first-order chi connectivity index (χ1) is 21.7. The first kappa shape index (κ1) is 27.1. The van der Waals surface area contributed by atoms with Gasteiger partial charge in [-0.1, -0.05) is 110 Å². The molecule has 0 bridgehead atoms. The van der Waals surface area contributed by atoms with Crippen LogP contribution in [0.2, 0.25) is 0 Å². The van der Waals surface area contributed by atoms with Gasteiger partial charge in [0.2, 0.25) is 0 Å². The maximum absolute atomic E-state index is 5.11. The quantitative estimate of drug-likeness (QED) is 0.177. The molecule has 7 rings (SSSR count). The fourth-order valence-corrected chi connectivity index (χ4v) is 5.96. The van der Waals surface area contributed by atoms with Gasteiger partial charge in [0.25, 0.3) is 0 Å². The third-order valence-corrected chi connectivity index (χ3v) is 8.04. The Morgan fingerprint density at radius 3 is 2.25 bits per heavy atom. The van der Waals surface area contributed by atoms with Crippen molar-refractivity contribution in [2.45, 2.75) is 6.92 Å². The third kappa shape index (κ3) is 5.05. The van der Waals surface area contributed by atoms with Crippen molar-refractivity contribution >= 4 is 28.2 Å². The molecule has 0 radical (unpaired) electrons. The lowest BCUT2D eigenvalue weighted by Gasteiger charge is -2.14. The van der Waals surface area contributed by atoms with Crippen LogP contribution >= 0.6 is 0 Å². The first-order valence-electron chi connectivity index (χ1n) is 14.8. The number of imidazole rings is 1. The number of allylic oxidation sites excluding steroid dienone is 2. The van der Waals surface area contributed by atoms with E-state index < -0.39 is 0 Å². The molecule has 0 saturated carbocycles. The Balaban J connectivity index is 1.43. The minimum absolute atomic E-state index is 0.922. The Labute approximate surface area is 257 Å². The number of aliphatic imine (C=N–C) groups is 1. The van der Waals surface area contributed by atoms with Crippen LogP contribution in [-0.4, -0.2) is 15.6 Å². The van der Waals surface area contributed by atoms with Gasteiger partial charge in [0, 0.05) is 29.7 Å². The second-order valence-electron chi connectivity index (χ2n) is 10.7. The first-order valence-corrected chi connectivity index (χ1v) is 14.8. The number of rotatable bonds is 7. The molecule has 3 heteroatoms. The van der Waals surface area contributed by atoms with Gasteiger partial charge in [-0.3, -0.25) is 9.39 Å². The van der Waals surface area contributed by atoms with Crippen LogP contribution in [0.3, 0.4) is 0 Å². The van der Waals surface area contributed by atoms with Gasteiger partial charge in [0.05, 0.1) is 11.4 Å². The Kier molecular flexibility index (Phi) is 7.27. The highest BCUT2D eigenvalue weighted by Crippen LogP contribution is 2.37. The standard InChI is InChI=1S/C41H31N3/c1-3-29(28-42-4-2)34-25-35(27-36(26-34)38-21-13-17-30-14-8-9-20-37(30)38)32-18-12-19-33(24-32)40-41(31-15-6-5-7-16-31)44-23-11-10-22-39(44)43-40/h3-28H,2H2,1H3/b29-3+,42-28-. The third-order valence-electron chi connectivity index (χ3n) is 8.04. The second-order valence-corrected chi connectivity index (χ2v) is 10.7. The smallest absolute Gasteiger partial charge is 0.137 e. The van der Waals surface area contributed by atoms with Crippen LogP contribution in [0.5, 0.6) is 0 Å². The number of benzene rings is 5. The van der Waals surface area contributed by atoms with Crippen molar-refractivity contribution in [3.8, 4) is 44.8 Å². The normalized spacial score (nSPS) is 11.9. The van der Waals surface area contributed by atoms with E-state index >= 15 is 0 Å². The SMILES string of the molecule is C=C/N=C\C(=C/C)c1cc(-c2cccc(-c3nc4ccccn4c3-c3ccccc3)c2)cc(-c2cccc3ccccc23)c1. The average Bonchev–Trinajstić information content (AvgIpc) is 3.48. The minimum Gasteiger partial charge on any atom is -0.299 e. The van der Waals surface area contributed by atoms with E-state index in [0.29, 0.717) is 0 Å². The molecule has 0 aliphatic heterocycles. The summed E-state index contributed by atoms with van der Waals surface area (Å²) in [6.07, 6.45) is 7.62. The van der Waals surface area contributed by atoms with Crippen LogP contribution in [0.1, 0.15) is 12.5 Å². The van der Waals surface area contributed by atoms with Crippen molar-refractivity contribution in [2.75, 3.05) is 0 Å². The number of nitrogens with zero attached hydrogens (tertiary/aromatic N) is 3. The van der Waals surface area contributed by atoms with Crippen molar-refractivity contribution in [3.05, 3.63) is 164 Å². The van der Waals surface area contributed by atoms with Gasteiger partial charge in [0.15, 0.2) is 0 Å². The molecular formula is C41H31N3. The molecule has 44 heavy (non-hydrogen) atoms. The van der Waals surface area contributed by atoms with Gasteiger partial charge in [-0.2, -0.15) is 0 Å². The van der Waals surface area contributed by atoms with Crippen LogP contribution < -0.4 is 0 Å². The van der Waals surface area contributed by atoms with Crippen molar-refractivity contribution in [1.29, 1.82) is 0 Å². The van der Waals surface area contributed by atoms with E-state index in [0.717, 1.165) is 56.0 Å². The molecule has 2 aromatic heterocycles. The molecule has 7 aromatic rings. The molecule has 0 fully saturated rings. The summed E-state index contributed by atoms with van der Waals surface area (Å²) in [7, 11) is 0. The summed E-state index contributed by atoms with van der Waals surface area (Å²) in [5, 5.41) is 2.45. The van der Waals surface area contributed by atoms with E-state index in [9.17, 15) is 0 Å². The predicted molar refractivity (Wildman–Crippen MR) is 187 cm³/mol. The molecule has 210 valence electrons. The zero-order valence-corrected chi connectivity index (χ0v) is 24.6. The lowest BCUT2D eigenvalue weighted by atomic mass is 9.90. The van der Waals surface area contributed by atoms with E-state index in [1.54, 1.807) is 6.20 Å². The van der Waals surface area contributed by atoms with Gasteiger partial charge < -0.3 is 0 Å². The zero-order chi connectivity index (χ0) is 29.9. The molecule has 0 N–H and O–H groups in total. The molecule has 0 unspecified atom stereocenters. The summed E-state index contributed by atoms with van der Waals surface area (Å²) in [4.78, 5) is 9.46. The number of hydrogen-bond donors (Lipinski definition) is 0. The molecule has 0 atom stereocenters. The van der Waals surface area contributed by atoms with Crippen molar-refractivity contribution < 1.29 is 0 Å². The topological polar surface area (TPSA) is 29.7 Å². The van der Waals surface area contributed by atoms with Crippen molar-refractivity contribution in [2.24, 2.45) is 4.99 Å². The van der Waals surface area contributed by atoms with Crippen LogP contribution in [0, 0.1) is 0 Å².